The number of hydrogen-bond donors (Lipinski definition) is 1. The van der Waals surface area contributed by atoms with Gasteiger partial charge >= 0.3 is 6.18 Å². The number of halogens is 3. The molecule has 1 aliphatic heterocycles. The van der Waals surface area contributed by atoms with Crippen molar-refractivity contribution < 1.29 is 30.9 Å². The number of benzene rings is 1. The topological polar surface area (TPSA) is 92.5 Å². The van der Waals surface area contributed by atoms with E-state index in [4.69, 9.17) is 4.52 Å². The van der Waals surface area contributed by atoms with Crippen molar-refractivity contribution in [2.24, 2.45) is 0 Å². The van der Waals surface area contributed by atoms with Gasteiger partial charge in [-0.05, 0) is 38.0 Å². The lowest BCUT2D eigenvalue weighted by molar-refractivity contribution is -0.137. The van der Waals surface area contributed by atoms with Crippen LogP contribution >= 0.6 is 0 Å². The van der Waals surface area contributed by atoms with E-state index in [2.05, 4.69) is 9.88 Å². The number of sulfonamides is 1. The van der Waals surface area contributed by atoms with Crippen LogP contribution in [-0.2, 0) is 21.0 Å². The van der Waals surface area contributed by atoms with Gasteiger partial charge < -0.3 is 9.42 Å². The zero-order valence-electron chi connectivity index (χ0n) is 15.8. The van der Waals surface area contributed by atoms with Crippen LogP contribution in [0.4, 0.5) is 13.2 Å². The van der Waals surface area contributed by atoms with Crippen molar-refractivity contribution in [1.29, 1.82) is 0 Å². The van der Waals surface area contributed by atoms with E-state index in [-0.39, 0.29) is 34.4 Å². The van der Waals surface area contributed by atoms with E-state index in [9.17, 15) is 26.4 Å². The monoisotopic (exact) mass is 431 g/mol. The average Bonchev–Trinajstić information content (AvgIpc) is 3.19. The number of carbonyl (C=O) groups is 1. The Morgan fingerprint density at radius 1 is 1.31 bits per heavy atom. The maximum atomic E-state index is 13.1. The third-order valence-electron chi connectivity index (χ3n) is 4.72. The largest absolute Gasteiger partial charge is 0.416 e. The Morgan fingerprint density at radius 2 is 2.03 bits per heavy atom. The summed E-state index contributed by atoms with van der Waals surface area (Å²) in [4.78, 5) is 13.3. The Labute approximate surface area is 165 Å². The van der Waals surface area contributed by atoms with Crippen molar-refractivity contribution in [1.82, 2.24) is 14.8 Å². The number of carbonyl (C=O) groups excluding carboxylic acids is 1. The summed E-state index contributed by atoms with van der Waals surface area (Å²) >= 11 is 0. The highest BCUT2D eigenvalue weighted by Gasteiger charge is 2.34. The molecule has 0 bridgehead atoms. The van der Waals surface area contributed by atoms with E-state index < -0.39 is 27.8 Å². The highest BCUT2D eigenvalue weighted by Crippen LogP contribution is 2.32. The first-order valence-electron chi connectivity index (χ1n) is 8.89. The van der Waals surface area contributed by atoms with Crippen molar-refractivity contribution in [2.75, 3.05) is 13.1 Å². The maximum absolute atomic E-state index is 13.1. The van der Waals surface area contributed by atoms with Crippen LogP contribution in [0.1, 0.15) is 41.5 Å². The third-order valence-corrected chi connectivity index (χ3v) is 6.44. The van der Waals surface area contributed by atoms with E-state index in [0.717, 1.165) is 12.1 Å². The molecule has 2 heterocycles. The van der Waals surface area contributed by atoms with Crippen molar-refractivity contribution in [3.05, 3.63) is 46.8 Å². The summed E-state index contributed by atoms with van der Waals surface area (Å²) in [5.74, 6) is -0.103. The Balaban J connectivity index is 1.99. The van der Waals surface area contributed by atoms with Gasteiger partial charge in [0.1, 0.15) is 10.6 Å². The summed E-state index contributed by atoms with van der Waals surface area (Å²) in [6.45, 7) is 3.22. The lowest BCUT2D eigenvalue weighted by Crippen LogP contribution is -2.39. The van der Waals surface area contributed by atoms with Gasteiger partial charge in [-0.3, -0.25) is 4.79 Å². The molecule has 7 nitrogen and oxygen atoms in total. The van der Waals surface area contributed by atoms with Crippen LogP contribution in [0.5, 0.6) is 0 Å². The van der Waals surface area contributed by atoms with E-state index >= 15 is 0 Å². The minimum absolute atomic E-state index is 0.0649. The summed E-state index contributed by atoms with van der Waals surface area (Å²) in [6.07, 6.45) is -3.64. The molecule has 29 heavy (non-hydrogen) atoms. The molecule has 0 unspecified atom stereocenters. The molecule has 1 amide bonds. The molecule has 1 saturated heterocycles. The van der Waals surface area contributed by atoms with Crippen LogP contribution in [0.25, 0.3) is 0 Å². The maximum Gasteiger partial charge on any atom is 0.416 e. The van der Waals surface area contributed by atoms with Gasteiger partial charge in [0.05, 0.1) is 11.6 Å². The minimum atomic E-state index is -4.58. The van der Waals surface area contributed by atoms with Crippen molar-refractivity contribution in [3.8, 4) is 0 Å². The Kier molecular flexibility index (Phi) is 5.72. The molecule has 0 saturated carbocycles. The Hall–Kier alpha value is -2.40. The summed E-state index contributed by atoms with van der Waals surface area (Å²) in [5, 5.41) is 3.62. The number of aromatic nitrogens is 1. The first kappa shape index (κ1) is 21.3. The molecule has 11 heteroatoms. The highest BCUT2D eigenvalue weighted by molar-refractivity contribution is 7.89. The molecule has 0 radical (unpaired) electrons. The highest BCUT2D eigenvalue weighted by atomic mass is 32.2. The van der Waals surface area contributed by atoms with E-state index in [1.807, 2.05) is 0 Å². The number of rotatable bonds is 6. The molecular formula is C18H20F3N3O4S. The molecule has 1 aromatic heterocycles. The van der Waals surface area contributed by atoms with Gasteiger partial charge in [0.15, 0.2) is 5.76 Å². The number of hydrogen-bond acceptors (Lipinski definition) is 5. The standard InChI is InChI=1S/C18H20F3N3O4S/c1-11-17(12(2)28-22-11)29(26,27)23-15(10-24-8-4-7-16(24)25)13-5-3-6-14(9-13)18(19,20)21/h3,5-6,9,15,23H,4,7-8,10H2,1-2H3/t15-/m1/s1. The zero-order chi connectivity index (χ0) is 21.4. The van der Waals surface area contributed by atoms with Crippen molar-refractivity contribution in [3.63, 3.8) is 0 Å². The smallest absolute Gasteiger partial charge is 0.360 e. The van der Waals surface area contributed by atoms with Gasteiger partial charge in [0, 0.05) is 19.5 Å². The number of nitrogens with zero attached hydrogens (tertiary/aromatic N) is 2. The first-order chi connectivity index (χ1) is 13.5. The minimum Gasteiger partial charge on any atom is -0.360 e. The Bertz CT molecular complexity index is 998. The van der Waals surface area contributed by atoms with Gasteiger partial charge in [-0.2, -0.15) is 13.2 Å². The molecule has 1 fully saturated rings. The SMILES string of the molecule is Cc1noc(C)c1S(=O)(=O)N[C@H](CN1CCCC1=O)c1cccc(C(F)(F)F)c1. The first-order valence-corrected chi connectivity index (χ1v) is 10.4. The predicted molar refractivity (Wildman–Crippen MR) is 96.3 cm³/mol. The van der Waals surface area contributed by atoms with Crippen LogP contribution < -0.4 is 4.72 Å². The fraction of sp³-hybridized carbons (Fsp3) is 0.444. The van der Waals surface area contributed by atoms with Crippen LogP contribution in [0.3, 0.4) is 0 Å². The lowest BCUT2D eigenvalue weighted by atomic mass is 10.0. The van der Waals surface area contributed by atoms with E-state index in [0.29, 0.717) is 19.4 Å². The van der Waals surface area contributed by atoms with Gasteiger partial charge in [-0.1, -0.05) is 17.3 Å². The van der Waals surface area contributed by atoms with Gasteiger partial charge in [-0.25, -0.2) is 13.1 Å². The van der Waals surface area contributed by atoms with Crippen LogP contribution in [0.15, 0.2) is 33.7 Å². The van der Waals surface area contributed by atoms with Gasteiger partial charge in [0.2, 0.25) is 15.9 Å². The van der Waals surface area contributed by atoms with Gasteiger partial charge in [0.25, 0.3) is 0 Å². The Morgan fingerprint density at radius 3 is 2.59 bits per heavy atom. The summed E-state index contributed by atoms with van der Waals surface area (Å²) in [7, 11) is -4.16. The quantitative estimate of drug-likeness (QED) is 0.759. The molecule has 1 aliphatic rings. The second-order valence-electron chi connectivity index (χ2n) is 6.89. The molecule has 1 aromatic carbocycles. The molecule has 3 rings (SSSR count). The third kappa shape index (κ3) is 4.61. The molecule has 0 aliphatic carbocycles. The number of nitrogens with one attached hydrogen (secondary N) is 1. The summed E-state index contributed by atoms with van der Waals surface area (Å²) < 4.78 is 72.6. The zero-order valence-corrected chi connectivity index (χ0v) is 16.6. The summed E-state index contributed by atoms with van der Waals surface area (Å²) in [6, 6.07) is 3.33. The molecule has 1 atom stereocenters. The number of amides is 1. The van der Waals surface area contributed by atoms with Gasteiger partial charge in [-0.15, -0.1) is 0 Å². The van der Waals surface area contributed by atoms with E-state index in [1.165, 1.54) is 30.9 Å². The van der Waals surface area contributed by atoms with Crippen LogP contribution in [0.2, 0.25) is 0 Å². The molecule has 158 valence electrons. The van der Waals surface area contributed by atoms with Crippen molar-refractivity contribution in [2.45, 2.75) is 43.8 Å². The summed E-state index contributed by atoms with van der Waals surface area (Å²) in [5.41, 5.74) is -0.658. The average molecular weight is 431 g/mol. The van der Waals surface area contributed by atoms with Crippen LogP contribution in [-0.4, -0.2) is 37.5 Å². The predicted octanol–water partition coefficient (Wildman–Crippen LogP) is 2.95. The number of aryl methyl sites for hydroxylation is 2. The van der Waals surface area contributed by atoms with Crippen LogP contribution in [0, 0.1) is 13.8 Å². The molecule has 2 aromatic rings. The lowest BCUT2D eigenvalue weighted by Gasteiger charge is -2.25. The normalized spacial score (nSPS) is 16.4. The fourth-order valence-electron chi connectivity index (χ4n) is 3.36. The molecule has 1 N–H and O–H groups in total. The molecular weight excluding hydrogens is 411 g/mol. The van der Waals surface area contributed by atoms with Crippen molar-refractivity contribution >= 4 is 15.9 Å². The second-order valence-corrected chi connectivity index (χ2v) is 8.54. The fourth-order valence-corrected chi connectivity index (χ4v) is 4.91. The number of alkyl halides is 3. The molecule has 0 spiro atoms. The van der Waals surface area contributed by atoms with E-state index in [1.54, 1.807) is 0 Å². The number of likely N-dealkylation sites (tertiary alicyclic amines) is 1. The second kappa shape index (κ2) is 7.79.